The summed E-state index contributed by atoms with van der Waals surface area (Å²) in [5.74, 6) is -0.571. The van der Waals surface area contributed by atoms with Crippen LogP contribution in [0.4, 0.5) is 11.4 Å². The molecule has 1 amide bonds. The van der Waals surface area contributed by atoms with Crippen LogP contribution < -0.4 is 9.62 Å². The van der Waals surface area contributed by atoms with Gasteiger partial charge in [0.05, 0.1) is 17.6 Å². The van der Waals surface area contributed by atoms with Gasteiger partial charge in [-0.2, -0.15) is 0 Å². The number of sulfonamides is 1. The number of ether oxygens (including phenoxy) is 1. The standard InChI is InChI=1S/C18H18N2O5S/c1-12(21)20-10-9-14-11-15(5-8-17(14)20)19-26(23,24)16-6-3-13(4-7-16)18(22)25-2/h3-8,11,19H,9-10H2,1-2H3. The molecule has 136 valence electrons. The SMILES string of the molecule is COC(=O)c1ccc(S(=O)(=O)Nc2ccc3c(c2)CCN3C(C)=O)cc1. The summed E-state index contributed by atoms with van der Waals surface area (Å²) in [5.41, 5.74) is 2.42. The number of fused-ring (bicyclic) bond motifs is 1. The molecule has 0 spiro atoms. The summed E-state index contributed by atoms with van der Waals surface area (Å²) < 4.78 is 32.2. The molecule has 0 unspecified atom stereocenters. The first-order valence-electron chi connectivity index (χ1n) is 7.94. The second-order valence-electron chi connectivity index (χ2n) is 5.89. The third-order valence-corrected chi connectivity index (χ3v) is 5.59. The first-order chi connectivity index (χ1) is 12.3. The van der Waals surface area contributed by atoms with Crippen molar-refractivity contribution < 1.29 is 22.7 Å². The Balaban J connectivity index is 1.82. The van der Waals surface area contributed by atoms with Crippen molar-refractivity contribution in [3.05, 3.63) is 53.6 Å². The molecule has 0 aromatic heterocycles. The van der Waals surface area contributed by atoms with E-state index >= 15 is 0 Å². The maximum Gasteiger partial charge on any atom is 0.337 e. The number of esters is 1. The van der Waals surface area contributed by atoms with Crippen molar-refractivity contribution in [3.8, 4) is 0 Å². The fraction of sp³-hybridized carbons (Fsp3) is 0.222. The summed E-state index contributed by atoms with van der Waals surface area (Å²) in [7, 11) is -2.53. The number of rotatable bonds is 4. The second kappa shape index (κ2) is 6.80. The van der Waals surface area contributed by atoms with Gasteiger partial charge in [-0.3, -0.25) is 9.52 Å². The molecular formula is C18H18N2O5S. The maximum absolute atomic E-state index is 12.5. The van der Waals surface area contributed by atoms with E-state index in [-0.39, 0.29) is 16.4 Å². The molecule has 8 heteroatoms. The highest BCUT2D eigenvalue weighted by Crippen LogP contribution is 2.31. The first-order valence-corrected chi connectivity index (χ1v) is 9.42. The third-order valence-electron chi connectivity index (χ3n) is 4.19. The molecule has 0 radical (unpaired) electrons. The smallest absolute Gasteiger partial charge is 0.337 e. The van der Waals surface area contributed by atoms with Gasteiger partial charge in [0.15, 0.2) is 0 Å². The number of methoxy groups -OCH3 is 1. The molecule has 1 heterocycles. The van der Waals surface area contributed by atoms with E-state index in [2.05, 4.69) is 9.46 Å². The minimum absolute atomic E-state index is 0.0380. The van der Waals surface area contributed by atoms with Crippen LogP contribution in [0, 0.1) is 0 Å². The van der Waals surface area contributed by atoms with Crippen LogP contribution in [-0.4, -0.2) is 33.9 Å². The number of benzene rings is 2. The van der Waals surface area contributed by atoms with E-state index in [1.54, 1.807) is 23.1 Å². The van der Waals surface area contributed by atoms with Crippen molar-refractivity contribution in [1.82, 2.24) is 0 Å². The Bertz CT molecular complexity index is 968. The van der Waals surface area contributed by atoms with Gasteiger partial charge in [-0.05, 0) is 54.4 Å². The van der Waals surface area contributed by atoms with Crippen LogP contribution in [0.15, 0.2) is 47.4 Å². The molecule has 0 bridgehead atoms. The van der Waals surface area contributed by atoms with Crippen LogP contribution in [0.25, 0.3) is 0 Å². The number of anilines is 2. The molecule has 0 aliphatic carbocycles. The van der Waals surface area contributed by atoms with E-state index < -0.39 is 16.0 Å². The van der Waals surface area contributed by atoms with Gasteiger partial charge in [-0.15, -0.1) is 0 Å². The summed E-state index contributed by atoms with van der Waals surface area (Å²) >= 11 is 0. The highest BCUT2D eigenvalue weighted by molar-refractivity contribution is 7.92. The molecule has 7 nitrogen and oxygen atoms in total. The molecule has 2 aromatic rings. The average Bonchev–Trinajstić information content (AvgIpc) is 3.04. The summed E-state index contributed by atoms with van der Waals surface area (Å²) in [6, 6.07) is 10.6. The molecule has 1 aliphatic heterocycles. The van der Waals surface area contributed by atoms with Gasteiger partial charge in [0.2, 0.25) is 5.91 Å². The van der Waals surface area contributed by atoms with E-state index in [4.69, 9.17) is 0 Å². The lowest BCUT2D eigenvalue weighted by atomic mass is 10.1. The quantitative estimate of drug-likeness (QED) is 0.828. The minimum atomic E-state index is -3.79. The number of hydrogen-bond donors (Lipinski definition) is 1. The monoisotopic (exact) mass is 374 g/mol. The number of amides is 1. The Morgan fingerprint density at radius 2 is 1.81 bits per heavy atom. The molecular weight excluding hydrogens is 356 g/mol. The lowest BCUT2D eigenvalue weighted by molar-refractivity contribution is -0.116. The topological polar surface area (TPSA) is 92.8 Å². The summed E-state index contributed by atoms with van der Waals surface area (Å²) in [6.07, 6.45) is 0.679. The molecule has 1 N–H and O–H groups in total. The van der Waals surface area contributed by atoms with Crippen LogP contribution in [-0.2, 0) is 26.0 Å². The summed E-state index contributed by atoms with van der Waals surface area (Å²) in [6.45, 7) is 2.10. The van der Waals surface area contributed by atoms with Crippen molar-refractivity contribution in [2.24, 2.45) is 0 Å². The van der Waals surface area contributed by atoms with Crippen molar-refractivity contribution in [1.29, 1.82) is 0 Å². The first kappa shape index (κ1) is 17.9. The van der Waals surface area contributed by atoms with Gasteiger partial charge in [0.1, 0.15) is 0 Å². The zero-order valence-corrected chi connectivity index (χ0v) is 15.2. The summed E-state index contributed by atoms with van der Waals surface area (Å²) in [4.78, 5) is 24.7. The van der Waals surface area contributed by atoms with Gasteiger partial charge in [0, 0.05) is 24.8 Å². The van der Waals surface area contributed by atoms with Crippen molar-refractivity contribution in [2.75, 3.05) is 23.3 Å². The highest BCUT2D eigenvalue weighted by atomic mass is 32.2. The molecule has 26 heavy (non-hydrogen) atoms. The molecule has 1 aliphatic rings. The Hall–Kier alpha value is -2.87. The average molecular weight is 374 g/mol. The third kappa shape index (κ3) is 3.41. The van der Waals surface area contributed by atoms with Crippen LogP contribution in [0.3, 0.4) is 0 Å². The van der Waals surface area contributed by atoms with Gasteiger partial charge < -0.3 is 9.64 Å². The van der Waals surface area contributed by atoms with E-state index in [0.717, 1.165) is 11.3 Å². The zero-order valence-electron chi connectivity index (χ0n) is 14.4. The molecule has 3 rings (SSSR count). The number of hydrogen-bond acceptors (Lipinski definition) is 5. The van der Waals surface area contributed by atoms with E-state index in [1.165, 1.54) is 38.3 Å². The van der Waals surface area contributed by atoms with E-state index in [1.807, 2.05) is 0 Å². The Morgan fingerprint density at radius 1 is 1.12 bits per heavy atom. The normalized spacial score (nSPS) is 13.2. The lowest BCUT2D eigenvalue weighted by Crippen LogP contribution is -2.25. The summed E-state index contributed by atoms with van der Waals surface area (Å²) in [5, 5.41) is 0. The highest BCUT2D eigenvalue weighted by Gasteiger charge is 2.23. The van der Waals surface area contributed by atoms with Gasteiger partial charge >= 0.3 is 5.97 Å². The lowest BCUT2D eigenvalue weighted by Gasteiger charge is -2.15. The molecule has 0 saturated carbocycles. The van der Waals surface area contributed by atoms with E-state index in [0.29, 0.717) is 18.7 Å². The molecule has 0 saturated heterocycles. The minimum Gasteiger partial charge on any atom is -0.465 e. The second-order valence-corrected chi connectivity index (χ2v) is 7.57. The fourth-order valence-electron chi connectivity index (χ4n) is 2.89. The Kier molecular flexibility index (Phi) is 4.69. The van der Waals surface area contributed by atoms with E-state index in [9.17, 15) is 18.0 Å². The van der Waals surface area contributed by atoms with Crippen molar-refractivity contribution >= 4 is 33.3 Å². The van der Waals surface area contributed by atoms with Gasteiger partial charge in [-0.25, -0.2) is 13.2 Å². The van der Waals surface area contributed by atoms with Crippen LogP contribution in [0.2, 0.25) is 0 Å². The Morgan fingerprint density at radius 3 is 2.42 bits per heavy atom. The molecule has 0 fully saturated rings. The predicted octanol–water partition coefficient (Wildman–Crippen LogP) is 2.18. The number of nitrogens with one attached hydrogen (secondary N) is 1. The zero-order chi connectivity index (χ0) is 18.9. The Labute approximate surface area is 151 Å². The van der Waals surface area contributed by atoms with Crippen LogP contribution in [0.5, 0.6) is 0 Å². The van der Waals surface area contributed by atoms with Crippen LogP contribution >= 0.6 is 0 Å². The van der Waals surface area contributed by atoms with Crippen molar-refractivity contribution in [3.63, 3.8) is 0 Å². The molecule has 2 aromatic carbocycles. The van der Waals surface area contributed by atoms with Gasteiger partial charge in [-0.1, -0.05) is 0 Å². The van der Waals surface area contributed by atoms with Gasteiger partial charge in [0.25, 0.3) is 10.0 Å². The number of carbonyl (C=O) groups excluding carboxylic acids is 2. The number of carbonyl (C=O) groups is 2. The molecule has 0 atom stereocenters. The predicted molar refractivity (Wildman–Crippen MR) is 96.8 cm³/mol. The van der Waals surface area contributed by atoms with Crippen molar-refractivity contribution in [2.45, 2.75) is 18.2 Å². The fourth-order valence-corrected chi connectivity index (χ4v) is 3.94. The van der Waals surface area contributed by atoms with Crippen LogP contribution in [0.1, 0.15) is 22.8 Å². The largest absolute Gasteiger partial charge is 0.465 e. The number of nitrogens with zero attached hydrogens (tertiary/aromatic N) is 1. The maximum atomic E-state index is 12.5.